The second-order valence-corrected chi connectivity index (χ2v) is 5.52. The zero-order valence-corrected chi connectivity index (χ0v) is 11.6. The Balaban J connectivity index is 2.96. The molecule has 1 unspecified atom stereocenters. The number of hydrogen-bond donors (Lipinski definition) is 1. The number of nitro groups is 1. The summed E-state index contributed by atoms with van der Waals surface area (Å²) in [5.74, 6) is 0.859. The molecular formula is C10H18N4O3S. The number of hydrogen-bond acceptors (Lipinski definition) is 5. The molecule has 0 fully saturated rings. The molecule has 1 aromatic heterocycles. The Morgan fingerprint density at radius 3 is 2.72 bits per heavy atom. The van der Waals surface area contributed by atoms with E-state index in [0.717, 1.165) is 6.42 Å². The quantitative estimate of drug-likeness (QED) is 0.598. The molecule has 1 aromatic rings. The number of nitrogens with zero attached hydrogens (tertiary/aromatic N) is 3. The highest BCUT2D eigenvalue weighted by atomic mass is 32.2. The van der Waals surface area contributed by atoms with Gasteiger partial charge in [0.25, 0.3) is 0 Å². The van der Waals surface area contributed by atoms with Crippen molar-refractivity contribution in [3.05, 3.63) is 15.8 Å². The molecule has 0 aromatic carbocycles. The topological polar surface area (TPSA) is 90.1 Å². The van der Waals surface area contributed by atoms with Crippen LogP contribution in [0.3, 0.4) is 0 Å². The van der Waals surface area contributed by atoms with Crippen LogP contribution < -0.4 is 5.32 Å². The molecule has 1 atom stereocenters. The molecule has 102 valence electrons. The highest BCUT2D eigenvalue weighted by Gasteiger charge is 2.24. The molecule has 0 spiro atoms. The van der Waals surface area contributed by atoms with Gasteiger partial charge in [-0.2, -0.15) is 5.10 Å². The number of aromatic nitrogens is 2. The highest BCUT2D eigenvalue weighted by Crippen LogP contribution is 2.28. The van der Waals surface area contributed by atoms with Crippen LogP contribution in [0.15, 0.2) is 0 Å². The van der Waals surface area contributed by atoms with Crippen LogP contribution in [0.1, 0.15) is 19.0 Å². The van der Waals surface area contributed by atoms with Gasteiger partial charge < -0.3 is 5.32 Å². The number of anilines is 1. The van der Waals surface area contributed by atoms with Gasteiger partial charge in [0.1, 0.15) is 5.69 Å². The third-order valence-electron chi connectivity index (χ3n) is 2.40. The van der Waals surface area contributed by atoms with E-state index in [1.54, 1.807) is 17.9 Å². The van der Waals surface area contributed by atoms with E-state index in [-0.39, 0.29) is 5.69 Å². The molecule has 1 heterocycles. The van der Waals surface area contributed by atoms with E-state index >= 15 is 0 Å². The van der Waals surface area contributed by atoms with E-state index in [4.69, 9.17) is 0 Å². The largest absolute Gasteiger partial charge is 0.364 e. The van der Waals surface area contributed by atoms with Crippen molar-refractivity contribution in [3.63, 3.8) is 0 Å². The van der Waals surface area contributed by atoms with Crippen LogP contribution in [-0.4, -0.2) is 37.5 Å². The molecule has 0 aliphatic heterocycles. The molecular weight excluding hydrogens is 256 g/mol. The normalized spacial score (nSPS) is 12.4. The van der Waals surface area contributed by atoms with E-state index in [1.165, 1.54) is 0 Å². The van der Waals surface area contributed by atoms with Crippen molar-refractivity contribution in [3.8, 4) is 0 Å². The highest BCUT2D eigenvalue weighted by molar-refractivity contribution is 7.84. The van der Waals surface area contributed by atoms with E-state index in [1.807, 2.05) is 6.92 Å². The van der Waals surface area contributed by atoms with Crippen LogP contribution in [0.4, 0.5) is 11.5 Å². The first-order valence-corrected chi connectivity index (χ1v) is 7.45. The Morgan fingerprint density at radius 2 is 2.22 bits per heavy atom. The summed E-state index contributed by atoms with van der Waals surface area (Å²) in [4.78, 5) is 10.6. The maximum atomic E-state index is 11.0. The molecule has 18 heavy (non-hydrogen) atoms. The minimum Gasteiger partial charge on any atom is -0.364 e. The zero-order valence-electron chi connectivity index (χ0n) is 10.8. The molecule has 0 saturated heterocycles. The van der Waals surface area contributed by atoms with E-state index in [9.17, 15) is 14.3 Å². The van der Waals surface area contributed by atoms with Gasteiger partial charge in [0.05, 0.1) is 4.92 Å². The Kier molecular flexibility index (Phi) is 5.26. The number of aryl methyl sites for hydroxylation is 2. The molecule has 1 rings (SSSR count). The van der Waals surface area contributed by atoms with Crippen LogP contribution >= 0.6 is 0 Å². The molecule has 0 aliphatic carbocycles. The van der Waals surface area contributed by atoms with Crippen molar-refractivity contribution in [2.24, 2.45) is 0 Å². The van der Waals surface area contributed by atoms with Crippen LogP contribution in [-0.2, 0) is 17.3 Å². The fourth-order valence-electron chi connectivity index (χ4n) is 1.65. The van der Waals surface area contributed by atoms with Crippen LogP contribution in [0.25, 0.3) is 0 Å². The predicted molar refractivity (Wildman–Crippen MR) is 71.3 cm³/mol. The molecule has 0 radical (unpaired) electrons. The first kappa shape index (κ1) is 14.6. The average molecular weight is 274 g/mol. The van der Waals surface area contributed by atoms with Gasteiger partial charge in [-0.25, -0.2) is 4.68 Å². The predicted octanol–water partition coefficient (Wildman–Crippen LogP) is 1.30. The van der Waals surface area contributed by atoms with Crippen molar-refractivity contribution in [2.75, 3.05) is 23.9 Å². The molecule has 0 saturated carbocycles. The smallest absolute Gasteiger partial charge is 0.333 e. The lowest BCUT2D eigenvalue weighted by atomic mass is 10.4. The third-order valence-corrected chi connectivity index (χ3v) is 3.17. The fraction of sp³-hybridized carbons (Fsp3) is 0.700. The Bertz CT molecular complexity index is 458. The lowest BCUT2D eigenvalue weighted by molar-refractivity contribution is -0.384. The van der Waals surface area contributed by atoms with Crippen molar-refractivity contribution >= 4 is 22.3 Å². The minimum atomic E-state index is -0.922. The molecule has 0 aliphatic rings. The second kappa shape index (κ2) is 6.48. The van der Waals surface area contributed by atoms with Crippen molar-refractivity contribution < 1.29 is 9.13 Å². The van der Waals surface area contributed by atoms with E-state index in [0.29, 0.717) is 30.4 Å². The van der Waals surface area contributed by atoms with Gasteiger partial charge in [-0.05, 0) is 13.3 Å². The van der Waals surface area contributed by atoms with Gasteiger partial charge in [0.15, 0.2) is 0 Å². The summed E-state index contributed by atoms with van der Waals surface area (Å²) in [6.45, 7) is 4.65. The minimum absolute atomic E-state index is 0.00494. The van der Waals surface area contributed by atoms with Gasteiger partial charge in [0.2, 0.25) is 5.82 Å². The number of nitrogens with one attached hydrogen (secondary N) is 1. The van der Waals surface area contributed by atoms with Crippen LogP contribution in [0.2, 0.25) is 0 Å². The van der Waals surface area contributed by atoms with Crippen molar-refractivity contribution in [2.45, 2.75) is 26.8 Å². The van der Waals surface area contributed by atoms with Crippen LogP contribution in [0, 0.1) is 17.0 Å². The summed E-state index contributed by atoms with van der Waals surface area (Å²) in [6, 6.07) is 0. The summed E-state index contributed by atoms with van der Waals surface area (Å²) in [5.41, 5.74) is 0.402. The van der Waals surface area contributed by atoms with Gasteiger partial charge in [-0.3, -0.25) is 14.3 Å². The Hall–Kier alpha value is -1.44. The maximum absolute atomic E-state index is 11.0. The lowest BCUT2D eigenvalue weighted by Gasteiger charge is -2.07. The number of rotatable bonds is 7. The average Bonchev–Trinajstić information content (AvgIpc) is 2.55. The standard InChI is InChI=1S/C10H18N4O3S/c1-4-6-13-10(11-5-7-18(3)17)9(14(15)16)8(2)12-13/h11H,4-7H2,1-3H3. The van der Waals surface area contributed by atoms with E-state index < -0.39 is 15.7 Å². The maximum Gasteiger partial charge on any atom is 0.333 e. The fourth-order valence-corrected chi connectivity index (χ4v) is 2.04. The summed E-state index contributed by atoms with van der Waals surface area (Å²) in [6.07, 6.45) is 2.44. The summed E-state index contributed by atoms with van der Waals surface area (Å²) < 4.78 is 12.6. The lowest BCUT2D eigenvalue weighted by Crippen LogP contribution is -2.14. The van der Waals surface area contributed by atoms with Crippen molar-refractivity contribution in [1.82, 2.24) is 9.78 Å². The molecule has 0 bridgehead atoms. The first-order valence-electron chi connectivity index (χ1n) is 5.73. The Labute approximate surface area is 108 Å². The third kappa shape index (κ3) is 3.52. The SMILES string of the molecule is CCCn1nc(C)c([N+](=O)[O-])c1NCCS(C)=O. The molecule has 8 heteroatoms. The molecule has 1 N–H and O–H groups in total. The van der Waals surface area contributed by atoms with Gasteiger partial charge >= 0.3 is 5.69 Å². The zero-order chi connectivity index (χ0) is 13.7. The van der Waals surface area contributed by atoms with Gasteiger partial charge in [-0.1, -0.05) is 6.92 Å². The van der Waals surface area contributed by atoms with Crippen LogP contribution in [0.5, 0.6) is 0 Å². The van der Waals surface area contributed by atoms with E-state index in [2.05, 4.69) is 10.4 Å². The van der Waals surface area contributed by atoms with Gasteiger partial charge in [0, 0.05) is 35.9 Å². The first-order chi connectivity index (χ1) is 8.47. The summed E-state index contributed by atoms with van der Waals surface area (Å²) in [7, 11) is -0.922. The summed E-state index contributed by atoms with van der Waals surface area (Å²) >= 11 is 0. The van der Waals surface area contributed by atoms with Crippen molar-refractivity contribution in [1.29, 1.82) is 0 Å². The monoisotopic (exact) mass is 274 g/mol. The summed E-state index contributed by atoms with van der Waals surface area (Å²) in [5, 5.41) is 18.1. The van der Waals surface area contributed by atoms with Gasteiger partial charge in [-0.15, -0.1) is 0 Å². The molecule has 0 amide bonds. The molecule has 7 nitrogen and oxygen atoms in total. The second-order valence-electron chi connectivity index (χ2n) is 3.97. The Morgan fingerprint density at radius 1 is 1.56 bits per heavy atom.